The highest BCUT2D eigenvalue weighted by Crippen LogP contribution is 2.55. The molecule has 4 atom stereocenters. The van der Waals surface area contributed by atoms with Gasteiger partial charge >= 0.3 is 0 Å². The summed E-state index contributed by atoms with van der Waals surface area (Å²) in [5.74, 6) is 0.779. The largest absolute Gasteiger partial charge is 0.497 e. The fraction of sp³-hybridized carbons (Fsp3) is 0.250. The van der Waals surface area contributed by atoms with Crippen LogP contribution in [-0.4, -0.2) is 58.4 Å². The zero-order valence-electron chi connectivity index (χ0n) is 28.8. The Morgan fingerprint density at radius 2 is 1.90 bits per heavy atom. The number of thiazole rings is 1. The van der Waals surface area contributed by atoms with E-state index < -0.39 is 5.72 Å². The number of likely N-dealkylation sites (N-methyl/N-ethyl adjacent to an activating group) is 1. The normalized spacial score (nSPS) is 22.2. The van der Waals surface area contributed by atoms with Crippen LogP contribution in [0.2, 0.25) is 0 Å². The van der Waals surface area contributed by atoms with Gasteiger partial charge in [-0.15, -0.1) is 0 Å². The molecule has 12 heteroatoms. The van der Waals surface area contributed by atoms with E-state index in [1.165, 1.54) is 0 Å². The number of para-hydroxylation sites is 1. The van der Waals surface area contributed by atoms with Crippen LogP contribution in [0.5, 0.6) is 5.75 Å². The van der Waals surface area contributed by atoms with Crippen molar-refractivity contribution in [2.75, 3.05) is 26.2 Å². The van der Waals surface area contributed by atoms with Crippen molar-refractivity contribution < 1.29 is 19.0 Å². The highest BCUT2D eigenvalue weighted by atomic mass is 79.9. The molecule has 3 aliphatic rings. The Hall–Kier alpha value is -4.88. The van der Waals surface area contributed by atoms with Gasteiger partial charge in [-0.1, -0.05) is 45.5 Å². The Labute approximate surface area is 310 Å². The summed E-state index contributed by atoms with van der Waals surface area (Å²) in [6, 6.07) is 20.8. The maximum atomic E-state index is 13.8. The monoisotopic (exact) mass is 772 g/mol. The molecule has 0 saturated carbocycles. The number of nitrogens with one attached hydrogen (secondary N) is 2. The highest BCUT2D eigenvalue weighted by molar-refractivity contribution is 9.10. The minimum atomic E-state index is -0.927. The van der Waals surface area contributed by atoms with E-state index in [0.29, 0.717) is 13.0 Å². The summed E-state index contributed by atoms with van der Waals surface area (Å²) in [6.07, 6.45) is 3.88. The van der Waals surface area contributed by atoms with E-state index in [1.807, 2.05) is 24.5 Å². The van der Waals surface area contributed by atoms with E-state index in [0.717, 1.165) is 91.4 Å². The van der Waals surface area contributed by atoms with Gasteiger partial charge in [0.25, 0.3) is 5.91 Å². The second-order valence-electron chi connectivity index (χ2n) is 14.2. The second kappa shape index (κ2) is 10.6. The van der Waals surface area contributed by atoms with Gasteiger partial charge in [0.15, 0.2) is 10.9 Å². The van der Waals surface area contributed by atoms with E-state index in [-0.39, 0.29) is 24.3 Å². The number of ether oxygens (including phenoxy) is 3. The fourth-order valence-electron chi connectivity index (χ4n) is 9.54. The number of halogens is 1. The number of rotatable bonds is 5. The van der Waals surface area contributed by atoms with Gasteiger partial charge in [-0.25, -0.2) is 4.98 Å². The molecule has 0 unspecified atom stereocenters. The number of anilines is 1. The summed E-state index contributed by atoms with van der Waals surface area (Å²) in [6.45, 7) is 2.64. The van der Waals surface area contributed by atoms with Crippen LogP contribution < -0.4 is 15.0 Å². The average Bonchev–Trinajstić information content (AvgIpc) is 3.97. The Bertz CT molecular complexity index is 2850. The number of hydrogen-bond acceptors (Lipinski definition) is 7. The van der Waals surface area contributed by atoms with E-state index >= 15 is 0 Å². The number of carbonyl (C=O) groups excluding carboxylic acids is 1. The molecule has 1 fully saturated rings. The molecule has 1 saturated heterocycles. The van der Waals surface area contributed by atoms with Crippen molar-refractivity contribution in [2.24, 2.45) is 0 Å². The van der Waals surface area contributed by atoms with Crippen LogP contribution in [0, 0.1) is 0 Å². The molecular weight excluding hydrogens is 740 g/mol. The van der Waals surface area contributed by atoms with E-state index in [1.54, 1.807) is 25.6 Å². The Morgan fingerprint density at radius 1 is 1.04 bits per heavy atom. The molecule has 7 heterocycles. The molecule has 0 radical (unpaired) electrons. The van der Waals surface area contributed by atoms with E-state index in [2.05, 4.69) is 103 Å². The first-order chi connectivity index (χ1) is 25.3. The van der Waals surface area contributed by atoms with Crippen LogP contribution in [0.15, 0.2) is 77.5 Å². The van der Waals surface area contributed by atoms with Crippen LogP contribution >= 0.6 is 27.3 Å². The third-order valence-electron chi connectivity index (χ3n) is 11.7. The lowest BCUT2D eigenvalue weighted by atomic mass is 9.92. The van der Waals surface area contributed by atoms with Crippen LogP contribution in [0.3, 0.4) is 0 Å². The van der Waals surface area contributed by atoms with Gasteiger partial charge in [0.1, 0.15) is 18.1 Å². The summed E-state index contributed by atoms with van der Waals surface area (Å²) in [4.78, 5) is 25.5. The zero-order valence-corrected chi connectivity index (χ0v) is 31.2. The first-order valence-electron chi connectivity index (χ1n) is 17.3. The van der Waals surface area contributed by atoms with Crippen molar-refractivity contribution in [3.05, 3.63) is 88.7 Å². The molecular formula is C40H33BrN6O4S. The minimum Gasteiger partial charge on any atom is -0.497 e. The van der Waals surface area contributed by atoms with Crippen LogP contribution in [0.4, 0.5) is 5.13 Å². The number of methoxy groups -OCH3 is 2. The number of aromatic nitrogens is 4. The number of carbonyl (C=O) groups is 1. The summed E-state index contributed by atoms with van der Waals surface area (Å²) in [7, 11) is 5.60. The van der Waals surface area contributed by atoms with Crippen molar-refractivity contribution in [3.8, 4) is 16.2 Å². The Balaban J connectivity index is 1.15. The lowest BCUT2D eigenvalue weighted by Gasteiger charge is -2.50. The van der Waals surface area contributed by atoms with Gasteiger partial charge in [0, 0.05) is 82.0 Å². The van der Waals surface area contributed by atoms with Crippen LogP contribution in [0.25, 0.3) is 65.0 Å². The standard InChI is InChI=1S/C40H33BrN6O4S/c1-40-37(50-4)29(45(2)39-44-18-30(52-39)24-16-42-26-11-10-20(49-3)14-22(24)26)15-31(51-40)46-27-12-9-19(41)13-23(27)33-34-25(17-43-38(34)48)32-21-7-5-6-8-28(21)47(40)36(32)35(33)46/h5-14,16,18,29,31,37,42H,15,17H2,1-4H3,(H,43,48)/t29-,31-,37-,40+/m1/s1. The molecule has 4 aromatic carbocycles. The third-order valence-corrected chi connectivity index (χ3v) is 13.3. The van der Waals surface area contributed by atoms with Crippen molar-refractivity contribution in [1.29, 1.82) is 0 Å². The van der Waals surface area contributed by atoms with Crippen LogP contribution in [0.1, 0.15) is 35.5 Å². The number of amides is 1. The molecule has 0 spiro atoms. The Kier molecular flexibility index (Phi) is 6.26. The summed E-state index contributed by atoms with van der Waals surface area (Å²) >= 11 is 5.40. The van der Waals surface area contributed by atoms with Crippen molar-refractivity contribution in [2.45, 2.75) is 44.0 Å². The summed E-state index contributed by atoms with van der Waals surface area (Å²) in [5.41, 5.74) is 7.17. The zero-order chi connectivity index (χ0) is 35.2. The summed E-state index contributed by atoms with van der Waals surface area (Å²) in [5, 5.41) is 9.34. The number of H-pyrrole nitrogens is 1. The van der Waals surface area contributed by atoms with Gasteiger partial charge in [0.2, 0.25) is 0 Å². The van der Waals surface area contributed by atoms with Crippen molar-refractivity contribution in [1.82, 2.24) is 24.4 Å². The molecule has 52 heavy (non-hydrogen) atoms. The molecule has 1 amide bonds. The lowest BCUT2D eigenvalue weighted by molar-refractivity contribution is -0.253. The number of hydrogen-bond donors (Lipinski definition) is 2. The molecule has 260 valence electrons. The molecule has 2 N–H and O–H groups in total. The smallest absolute Gasteiger partial charge is 0.252 e. The summed E-state index contributed by atoms with van der Waals surface area (Å²) < 4.78 is 25.2. The van der Waals surface area contributed by atoms with Gasteiger partial charge < -0.3 is 38.5 Å². The first kappa shape index (κ1) is 30.7. The first-order valence-corrected chi connectivity index (χ1v) is 19.0. The molecule has 8 aromatic rings. The van der Waals surface area contributed by atoms with Crippen LogP contribution in [-0.2, 0) is 21.7 Å². The molecule has 3 aliphatic heterocycles. The molecule has 11 rings (SSSR count). The topological polar surface area (TPSA) is 98.6 Å². The molecule has 2 bridgehead atoms. The number of nitrogens with zero attached hydrogens (tertiary/aromatic N) is 4. The SMILES string of the molecule is COc1ccc2[nH]cc(-c3cnc(N(C)[C@@H]4C[C@H]5O[C@@](C)([C@@H]4OC)n4c6ccccc6c6c7c(c8c9cc(Br)ccc9n5c8c64)C(=O)NC7)s3)c2c1. The third kappa shape index (κ3) is 3.80. The number of benzene rings is 4. The highest BCUT2D eigenvalue weighted by Gasteiger charge is 2.54. The lowest BCUT2D eigenvalue weighted by Crippen LogP contribution is -2.60. The van der Waals surface area contributed by atoms with Gasteiger partial charge in [-0.05, 0) is 55.0 Å². The molecule has 10 nitrogen and oxygen atoms in total. The maximum absolute atomic E-state index is 13.8. The van der Waals surface area contributed by atoms with Crippen molar-refractivity contribution in [3.63, 3.8) is 0 Å². The Morgan fingerprint density at radius 3 is 2.75 bits per heavy atom. The quantitative estimate of drug-likeness (QED) is 0.182. The maximum Gasteiger partial charge on any atom is 0.252 e. The average molecular weight is 774 g/mol. The molecule has 0 aliphatic carbocycles. The van der Waals surface area contributed by atoms with E-state index in [4.69, 9.17) is 19.2 Å². The second-order valence-corrected chi connectivity index (χ2v) is 16.1. The van der Waals surface area contributed by atoms with Gasteiger partial charge in [-0.3, -0.25) is 4.79 Å². The van der Waals surface area contributed by atoms with Crippen molar-refractivity contribution >= 4 is 92.8 Å². The minimum absolute atomic E-state index is 0.0345. The molecule has 4 aromatic heterocycles. The van der Waals surface area contributed by atoms with E-state index in [9.17, 15) is 4.79 Å². The predicted molar refractivity (Wildman–Crippen MR) is 209 cm³/mol. The number of aromatic amines is 1. The van der Waals surface area contributed by atoms with Gasteiger partial charge in [-0.2, -0.15) is 0 Å². The van der Waals surface area contributed by atoms with Gasteiger partial charge in [0.05, 0.1) is 45.7 Å². The fourth-order valence-corrected chi connectivity index (χ4v) is 10.9. The predicted octanol–water partition coefficient (Wildman–Crippen LogP) is 8.65. The number of fused-ring (bicyclic) bond motifs is 14.